The van der Waals surface area contributed by atoms with Gasteiger partial charge in [0, 0.05) is 10.6 Å². The van der Waals surface area contributed by atoms with Gasteiger partial charge in [0.1, 0.15) is 5.82 Å². The highest BCUT2D eigenvalue weighted by Gasteiger charge is 2.43. The molecule has 2 rings (SSSR count). The summed E-state index contributed by atoms with van der Waals surface area (Å²) < 4.78 is 13.4. The number of rotatable bonds is 2. The van der Waals surface area contributed by atoms with Crippen molar-refractivity contribution in [3.63, 3.8) is 0 Å². The van der Waals surface area contributed by atoms with E-state index < -0.39 is 0 Å². The number of halogens is 2. The van der Waals surface area contributed by atoms with Crippen LogP contribution >= 0.6 is 11.6 Å². The molecule has 76 valence electrons. The first-order valence-corrected chi connectivity index (χ1v) is 5.11. The lowest BCUT2D eigenvalue weighted by atomic mass is 10.1. The lowest BCUT2D eigenvalue weighted by molar-refractivity contribution is 0.168. The van der Waals surface area contributed by atoms with E-state index in [4.69, 9.17) is 11.6 Å². The molecule has 1 aromatic rings. The molecule has 1 nitrogen and oxygen atoms in total. The topological polar surface area (TPSA) is 20.2 Å². The average molecular weight is 215 g/mol. The van der Waals surface area contributed by atoms with E-state index in [1.54, 1.807) is 19.1 Å². The van der Waals surface area contributed by atoms with Crippen molar-refractivity contribution in [1.82, 2.24) is 0 Å². The van der Waals surface area contributed by atoms with Crippen LogP contribution < -0.4 is 0 Å². The molecule has 0 bridgehead atoms. The summed E-state index contributed by atoms with van der Waals surface area (Å²) in [5.74, 6) is 0.0127. The van der Waals surface area contributed by atoms with Crippen LogP contribution in [0.25, 0.3) is 0 Å². The number of hydrogen-bond acceptors (Lipinski definition) is 1. The molecule has 0 spiro atoms. The maximum absolute atomic E-state index is 13.4. The third-order valence-corrected chi connectivity index (χ3v) is 3.16. The number of aliphatic hydroxyl groups excluding tert-OH is 1. The Morgan fingerprint density at radius 2 is 2.29 bits per heavy atom. The summed E-state index contributed by atoms with van der Waals surface area (Å²) in [6.45, 7) is 1.74. The molecular formula is C11H12ClFO. The van der Waals surface area contributed by atoms with Gasteiger partial charge in [0.15, 0.2) is 0 Å². The van der Waals surface area contributed by atoms with Crippen molar-refractivity contribution >= 4 is 11.6 Å². The van der Waals surface area contributed by atoms with Crippen LogP contribution in [0.4, 0.5) is 4.39 Å². The highest BCUT2D eigenvalue weighted by Crippen LogP contribution is 2.52. The maximum atomic E-state index is 13.4. The first kappa shape index (κ1) is 9.94. The van der Waals surface area contributed by atoms with E-state index >= 15 is 0 Å². The number of hydrogen-bond donors (Lipinski definition) is 1. The zero-order chi connectivity index (χ0) is 10.3. The fourth-order valence-electron chi connectivity index (χ4n) is 1.94. The highest BCUT2D eigenvalue weighted by atomic mass is 35.5. The summed E-state index contributed by atoms with van der Waals surface area (Å²) in [5, 5.41) is 9.81. The Balaban J connectivity index is 2.26. The summed E-state index contributed by atoms with van der Waals surface area (Å²) >= 11 is 5.91. The smallest absolute Gasteiger partial charge is 0.128 e. The van der Waals surface area contributed by atoms with Gasteiger partial charge >= 0.3 is 0 Å². The van der Waals surface area contributed by atoms with Crippen LogP contribution in [0.2, 0.25) is 5.02 Å². The van der Waals surface area contributed by atoms with Gasteiger partial charge in [-0.25, -0.2) is 4.39 Å². The van der Waals surface area contributed by atoms with Crippen molar-refractivity contribution in [2.75, 3.05) is 0 Å². The van der Waals surface area contributed by atoms with E-state index in [9.17, 15) is 9.50 Å². The minimum atomic E-state index is -0.379. The van der Waals surface area contributed by atoms with E-state index in [-0.39, 0.29) is 23.8 Å². The molecule has 14 heavy (non-hydrogen) atoms. The molecule has 0 radical (unpaired) electrons. The fourth-order valence-corrected chi connectivity index (χ4v) is 2.25. The number of aliphatic hydroxyl groups is 1. The third-order valence-electron chi connectivity index (χ3n) is 2.83. The molecule has 1 aromatic carbocycles. The zero-order valence-corrected chi connectivity index (χ0v) is 8.63. The van der Waals surface area contributed by atoms with Crippen LogP contribution in [0.1, 0.15) is 24.8 Å². The van der Waals surface area contributed by atoms with Crippen LogP contribution in [-0.2, 0) is 0 Å². The van der Waals surface area contributed by atoms with Crippen molar-refractivity contribution in [2.24, 2.45) is 5.92 Å². The van der Waals surface area contributed by atoms with E-state index in [0.29, 0.717) is 10.6 Å². The van der Waals surface area contributed by atoms with E-state index in [2.05, 4.69) is 0 Å². The van der Waals surface area contributed by atoms with Gasteiger partial charge < -0.3 is 5.11 Å². The summed E-state index contributed by atoms with van der Waals surface area (Å²) in [5.41, 5.74) is 0.570. The van der Waals surface area contributed by atoms with Crippen LogP contribution in [-0.4, -0.2) is 11.2 Å². The van der Waals surface area contributed by atoms with Crippen LogP contribution in [0.3, 0.4) is 0 Å². The predicted octanol–water partition coefficient (Wildman–Crippen LogP) is 2.96. The Kier molecular flexibility index (Phi) is 2.50. The van der Waals surface area contributed by atoms with Crippen molar-refractivity contribution in [1.29, 1.82) is 0 Å². The lowest BCUT2D eigenvalue weighted by Crippen LogP contribution is -2.04. The second-order valence-corrected chi connectivity index (χ2v) is 4.29. The van der Waals surface area contributed by atoms with Gasteiger partial charge in [0.2, 0.25) is 0 Å². The quantitative estimate of drug-likeness (QED) is 0.803. The molecule has 1 saturated carbocycles. The standard InChI is InChI=1S/C11H12ClFO/c1-6(14)7-5-8(7)11-9(12)3-2-4-10(11)13/h2-4,6-8,14H,5H2,1H3. The molecule has 3 unspecified atom stereocenters. The largest absolute Gasteiger partial charge is 0.393 e. The van der Waals surface area contributed by atoms with Gasteiger partial charge in [-0.2, -0.15) is 0 Å². The van der Waals surface area contributed by atoms with Crippen LogP contribution in [0.5, 0.6) is 0 Å². The van der Waals surface area contributed by atoms with E-state index in [0.717, 1.165) is 6.42 Å². The summed E-state index contributed by atoms with van der Waals surface area (Å²) in [7, 11) is 0. The molecule has 3 heteroatoms. The SMILES string of the molecule is CC(O)C1CC1c1c(F)cccc1Cl. The Morgan fingerprint density at radius 3 is 2.79 bits per heavy atom. The van der Waals surface area contributed by atoms with Gasteiger partial charge in [0.05, 0.1) is 6.10 Å². The molecule has 1 N–H and O–H groups in total. The molecule has 3 atom stereocenters. The zero-order valence-electron chi connectivity index (χ0n) is 7.87. The Morgan fingerprint density at radius 1 is 1.57 bits per heavy atom. The first-order valence-electron chi connectivity index (χ1n) is 4.73. The lowest BCUT2D eigenvalue weighted by Gasteiger charge is -2.06. The molecule has 1 aliphatic rings. The van der Waals surface area contributed by atoms with Crippen LogP contribution in [0, 0.1) is 11.7 Å². The molecule has 0 saturated heterocycles. The fraction of sp³-hybridized carbons (Fsp3) is 0.455. The van der Waals surface area contributed by atoms with Gasteiger partial charge in [0.25, 0.3) is 0 Å². The predicted molar refractivity (Wildman–Crippen MR) is 53.9 cm³/mol. The van der Waals surface area contributed by atoms with Crippen molar-refractivity contribution in [3.05, 3.63) is 34.6 Å². The normalized spacial score (nSPS) is 27.4. The van der Waals surface area contributed by atoms with Crippen molar-refractivity contribution < 1.29 is 9.50 Å². The molecule has 1 fully saturated rings. The van der Waals surface area contributed by atoms with Gasteiger partial charge in [-0.15, -0.1) is 0 Å². The Bertz CT molecular complexity index is 331. The third kappa shape index (κ3) is 1.64. The summed E-state index contributed by atoms with van der Waals surface area (Å²) in [6, 6.07) is 4.71. The molecule has 0 amide bonds. The first-order chi connectivity index (χ1) is 6.61. The minimum Gasteiger partial charge on any atom is -0.393 e. The second-order valence-electron chi connectivity index (χ2n) is 3.88. The van der Waals surface area contributed by atoms with E-state index in [1.807, 2.05) is 0 Å². The molecule has 0 heterocycles. The van der Waals surface area contributed by atoms with Crippen molar-refractivity contribution in [3.8, 4) is 0 Å². The average Bonchev–Trinajstić information content (AvgIpc) is 2.83. The monoisotopic (exact) mass is 214 g/mol. The summed E-state index contributed by atoms with van der Waals surface area (Å²) in [6.07, 6.45) is 0.453. The maximum Gasteiger partial charge on any atom is 0.128 e. The Labute approximate surface area is 87.5 Å². The highest BCUT2D eigenvalue weighted by molar-refractivity contribution is 6.31. The summed E-state index contributed by atoms with van der Waals surface area (Å²) in [4.78, 5) is 0. The molecule has 1 aliphatic carbocycles. The Hall–Kier alpha value is -0.600. The van der Waals surface area contributed by atoms with Gasteiger partial charge in [-0.1, -0.05) is 17.7 Å². The molecular weight excluding hydrogens is 203 g/mol. The van der Waals surface area contributed by atoms with Gasteiger partial charge in [-0.3, -0.25) is 0 Å². The van der Waals surface area contributed by atoms with Crippen LogP contribution in [0.15, 0.2) is 18.2 Å². The van der Waals surface area contributed by atoms with Gasteiger partial charge in [-0.05, 0) is 37.3 Å². The molecule has 0 aromatic heterocycles. The van der Waals surface area contributed by atoms with Crippen molar-refractivity contribution in [2.45, 2.75) is 25.4 Å². The minimum absolute atomic E-state index is 0.101. The second kappa shape index (κ2) is 3.52. The molecule has 0 aliphatic heterocycles. The number of benzene rings is 1. The van der Waals surface area contributed by atoms with E-state index in [1.165, 1.54) is 6.07 Å².